The lowest BCUT2D eigenvalue weighted by atomic mass is 10.5. The van der Waals surface area contributed by atoms with Crippen molar-refractivity contribution >= 4 is 6.72 Å². The molecule has 0 aliphatic heterocycles. The summed E-state index contributed by atoms with van der Waals surface area (Å²) in [6.07, 6.45) is -2.56. The molecular formula is C4H5F2N. The quantitative estimate of drug-likeness (QED) is 0.471. The first-order valence-corrected chi connectivity index (χ1v) is 1.62. The minimum Gasteiger partial charge on any atom is -0.264 e. The lowest BCUT2D eigenvalue weighted by Crippen LogP contribution is -1.89. The van der Waals surface area contributed by atoms with Gasteiger partial charge in [-0.1, -0.05) is 6.58 Å². The Kier molecular flexibility index (Phi) is 2.19. The molecule has 0 fully saturated rings. The Morgan fingerprint density at radius 2 is 2.00 bits per heavy atom. The summed E-state index contributed by atoms with van der Waals surface area (Å²) in [5.74, 6) is 0. The highest BCUT2D eigenvalue weighted by molar-refractivity contribution is 5.28. The molecule has 0 heterocycles. The highest BCUT2D eigenvalue weighted by Gasteiger charge is 2.02. The minimum absolute atomic E-state index is 0.472. The second-order valence-electron chi connectivity index (χ2n) is 0.950. The van der Waals surface area contributed by atoms with E-state index in [0.717, 1.165) is 0 Å². The molecule has 0 saturated carbocycles. The number of nitrogens with zero attached hydrogens (tertiary/aromatic N) is 1. The van der Waals surface area contributed by atoms with Crippen LogP contribution >= 0.6 is 0 Å². The van der Waals surface area contributed by atoms with Gasteiger partial charge in [-0.3, -0.25) is 4.99 Å². The third-order valence-corrected chi connectivity index (χ3v) is 0.455. The predicted molar refractivity (Wildman–Crippen MR) is 24.7 cm³/mol. The van der Waals surface area contributed by atoms with Crippen LogP contribution in [0.1, 0.15) is 0 Å². The number of hydrogen-bond acceptors (Lipinski definition) is 1. The van der Waals surface area contributed by atoms with E-state index in [4.69, 9.17) is 0 Å². The summed E-state index contributed by atoms with van der Waals surface area (Å²) in [5, 5.41) is 0. The number of hydrogen-bond donors (Lipinski definition) is 0. The average Bonchev–Trinajstić information content (AvgIpc) is 1.65. The van der Waals surface area contributed by atoms with E-state index in [0.29, 0.717) is 0 Å². The normalized spacial score (nSPS) is 9.00. The number of rotatable bonds is 2. The second kappa shape index (κ2) is 2.44. The molecule has 0 rings (SSSR count). The third-order valence-electron chi connectivity index (χ3n) is 0.455. The maximum absolute atomic E-state index is 11.2. The smallest absolute Gasteiger partial charge is 0.264 e. The molecule has 0 bridgehead atoms. The molecule has 0 aliphatic rings. The number of allylic oxidation sites excluding steroid dienone is 1. The second-order valence-corrected chi connectivity index (χ2v) is 0.950. The van der Waals surface area contributed by atoms with Crippen LogP contribution in [0.15, 0.2) is 17.3 Å². The molecule has 0 amide bonds. The van der Waals surface area contributed by atoms with E-state index in [1.165, 1.54) is 0 Å². The van der Waals surface area contributed by atoms with Crippen LogP contribution in [0.25, 0.3) is 0 Å². The first-order chi connectivity index (χ1) is 3.18. The first-order valence-electron chi connectivity index (χ1n) is 1.62. The van der Waals surface area contributed by atoms with Crippen LogP contribution in [0.5, 0.6) is 0 Å². The molecule has 7 heavy (non-hydrogen) atoms. The van der Waals surface area contributed by atoms with Crippen molar-refractivity contribution in [2.75, 3.05) is 0 Å². The molecule has 0 aromatic heterocycles. The fourth-order valence-corrected chi connectivity index (χ4v) is 0.0690. The molecule has 0 aromatic rings. The highest BCUT2D eigenvalue weighted by Crippen LogP contribution is 2.04. The largest absolute Gasteiger partial charge is 0.279 e. The van der Waals surface area contributed by atoms with E-state index < -0.39 is 12.1 Å². The maximum atomic E-state index is 11.2. The molecule has 0 saturated heterocycles. The third kappa shape index (κ3) is 2.03. The molecule has 1 nitrogen and oxygen atoms in total. The molecule has 0 aromatic carbocycles. The number of halogens is 2. The van der Waals surface area contributed by atoms with Crippen molar-refractivity contribution in [2.24, 2.45) is 4.99 Å². The Morgan fingerprint density at radius 3 is 2.00 bits per heavy atom. The van der Waals surface area contributed by atoms with Crippen molar-refractivity contribution in [3.05, 3.63) is 12.3 Å². The maximum Gasteiger partial charge on any atom is 0.279 e. The molecule has 0 aliphatic carbocycles. The van der Waals surface area contributed by atoms with Crippen LogP contribution < -0.4 is 0 Å². The van der Waals surface area contributed by atoms with Crippen LogP contribution in [0.3, 0.4) is 0 Å². The fraction of sp³-hybridized carbons (Fsp3) is 0.250. The van der Waals surface area contributed by atoms with Gasteiger partial charge in [0.05, 0.1) is 5.70 Å². The van der Waals surface area contributed by atoms with Gasteiger partial charge < -0.3 is 0 Å². The fourth-order valence-electron chi connectivity index (χ4n) is 0.0690. The summed E-state index contributed by atoms with van der Waals surface area (Å²) in [5.41, 5.74) is -0.472. The molecule has 0 spiro atoms. The summed E-state index contributed by atoms with van der Waals surface area (Å²) in [7, 11) is 0. The molecule has 0 N–H and O–H groups in total. The van der Waals surface area contributed by atoms with Crippen LogP contribution in [0.4, 0.5) is 8.78 Å². The first kappa shape index (κ1) is 6.27. The van der Waals surface area contributed by atoms with Gasteiger partial charge in [-0.2, -0.15) is 0 Å². The number of aliphatic imine (C=N–C) groups is 1. The summed E-state index contributed by atoms with van der Waals surface area (Å²) in [6.45, 7) is 5.75. The van der Waals surface area contributed by atoms with Crippen molar-refractivity contribution < 1.29 is 8.78 Å². The van der Waals surface area contributed by atoms with E-state index >= 15 is 0 Å². The number of alkyl halides is 2. The lowest BCUT2D eigenvalue weighted by Gasteiger charge is -1.90. The van der Waals surface area contributed by atoms with Gasteiger partial charge in [0.25, 0.3) is 6.43 Å². The van der Waals surface area contributed by atoms with E-state index in [1.807, 2.05) is 0 Å². The summed E-state index contributed by atoms with van der Waals surface area (Å²) >= 11 is 0. The minimum atomic E-state index is -2.56. The van der Waals surface area contributed by atoms with E-state index in [1.54, 1.807) is 0 Å². The van der Waals surface area contributed by atoms with Crippen molar-refractivity contribution in [1.29, 1.82) is 0 Å². The van der Waals surface area contributed by atoms with Crippen LogP contribution in [0.2, 0.25) is 0 Å². The van der Waals surface area contributed by atoms with Gasteiger partial charge >= 0.3 is 0 Å². The van der Waals surface area contributed by atoms with E-state index in [2.05, 4.69) is 18.3 Å². The van der Waals surface area contributed by atoms with Gasteiger partial charge in [-0.15, -0.1) is 0 Å². The summed E-state index contributed by atoms with van der Waals surface area (Å²) in [6, 6.07) is 0. The Bertz CT molecular complexity index is 87.7. The topological polar surface area (TPSA) is 12.4 Å². The molecule has 0 unspecified atom stereocenters. The van der Waals surface area contributed by atoms with Crippen LogP contribution in [-0.4, -0.2) is 13.1 Å². The van der Waals surface area contributed by atoms with E-state index in [9.17, 15) is 8.78 Å². The average molecular weight is 105 g/mol. The predicted octanol–water partition coefficient (Wildman–Crippen LogP) is 1.47. The van der Waals surface area contributed by atoms with Crippen molar-refractivity contribution in [2.45, 2.75) is 6.43 Å². The van der Waals surface area contributed by atoms with Gasteiger partial charge in [-0.25, -0.2) is 8.78 Å². The van der Waals surface area contributed by atoms with Crippen molar-refractivity contribution in [1.82, 2.24) is 0 Å². The van der Waals surface area contributed by atoms with Gasteiger partial charge in [0, 0.05) is 0 Å². The zero-order valence-electron chi connectivity index (χ0n) is 3.69. The molecule has 0 atom stereocenters. The zero-order valence-corrected chi connectivity index (χ0v) is 3.69. The molecule has 0 radical (unpaired) electrons. The SMILES string of the molecule is C=NC(=C)C(F)F. The van der Waals surface area contributed by atoms with Crippen LogP contribution in [-0.2, 0) is 0 Å². The van der Waals surface area contributed by atoms with Gasteiger partial charge in [-0.05, 0) is 6.72 Å². The monoisotopic (exact) mass is 105 g/mol. The standard InChI is InChI=1S/C4H5F2N/c1-3(7-2)4(5)6/h4H,1-2H2. The van der Waals surface area contributed by atoms with Gasteiger partial charge in [0.15, 0.2) is 0 Å². The van der Waals surface area contributed by atoms with Crippen molar-refractivity contribution in [3.8, 4) is 0 Å². The Labute approximate surface area is 40.4 Å². The Morgan fingerprint density at radius 1 is 1.57 bits per heavy atom. The van der Waals surface area contributed by atoms with Gasteiger partial charge in [0.1, 0.15) is 0 Å². The molecule has 40 valence electrons. The summed E-state index contributed by atoms with van der Waals surface area (Å²) in [4.78, 5) is 2.89. The van der Waals surface area contributed by atoms with Gasteiger partial charge in [0.2, 0.25) is 0 Å². The van der Waals surface area contributed by atoms with Crippen molar-refractivity contribution in [3.63, 3.8) is 0 Å². The Hall–Kier alpha value is -0.730. The van der Waals surface area contributed by atoms with E-state index in [-0.39, 0.29) is 0 Å². The lowest BCUT2D eigenvalue weighted by molar-refractivity contribution is 0.189. The summed E-state index contributed by atoms with van der Waals surface area (Å²) < 4.78 is 22.4. The highest BCUT2D eigenvalue weighted by atomic mass is 19.3. The molecule has 3 heteroatoms. The molecular weight excluding hydrogens is 100 g/mol. The zero-order chi connectivity index (χ0) is 5.86. The Balaban J connectivity index is 3.56. The van der Waals surface area contributed by atoms with Crippen LogP contribution in [0, 0.1) is 0 Å².